The Hall–Kier alpha value is -2.97. The lowest BCUT2D eigenvalue weighted by Crippen LogP contribution is -2.53. The van der Waals surface area contributed by atoms with Gasteiger partial charge in [-0.25, -0.2) is 8.78 Å². The van der Waals surface area contributed by atoms with Crippen LogP contribution in [0, 0.1) is 17.6 Å². The van der Waals surface area contributed by atoms with E-state index in [1.165, 1.54) is 12.1 Å². The minimum Gasteiger partial charge on any atom is -0.488 e. The second kappa shape index (κ2) is 10.4. The van der Waals surface area contributed by atoms with Gasteiger partial charge in [0.15, 0.2) is 0 Å². The molecule has 2 unspecified atom stereocenters. The summed E-state index contributed by atoms with van der Waals surface area (Å²) in [5, 5.41) is 10.6. The number of halogens is 2. The molecule has 5 rings (SSSR count). The van der Waals surface area contributed by atoms with Crippen LogP contribution in [0.25, 0.3) is 10.9 Å². The van der Waals surface area contributed by atoms with E-state index in [2.05, 4.69) is 16.8 Å². The number of hydrogen-bond acceptors (Lipinski definition) is 4. The van der Waals surface area contributed by atoms with E-state index in [4.69, 9.17) is 4.74 Å². The van der Waals surface area contributed by atoms with Crippen LogP contribution < -0.4 is 4.74 Å². The lowest BCUT2D eigenvalue weighted by atomic mass is 9.87. The molecule has 1 aromatic heterocycles. The first kappa shape index (κ1) is 25.7. The molecule has 2 aromatic carbocycles. The number of fused-ring (bicyclic) bond motifs is 3. The third-order valence-electron chi connectivity index (χ3n) is 7.80. The normalized spacial score (nSPS) is 21.5. The van der Waals surface area contributed by atoms with Crippen molar-refractivity contribution >= 4 is 16.9 Å². The van der Waals surface area contributed by atoms with Gasteiger partial charge >= 0.3 is 5.97 Å². The maximum absolute atomic E-state index is 15.8. The van der Waals surface area contributed by atoms with Crippen LogP contribution in [0.5, 0.6) is 5.75 Å². The Kier molecular flexibility index (Phi) is 7.23. The van der Waals surface area contributed by atoms with E-state index in [0.29, 0.717) is 12.1 Å². The molecule has 1 saturated heterocycles. The minimum absolute atomic E-state index is 0.0792. The number of carboxylic acids is 1. The SMILES string of the molecule is CCCCN1CC(Oc2cc(F)c([C@@H]3c4[nH]c5ccccc5c4CC(C)N3CC(C)C(=O)O)c(F)c2)C1. The summed E-state index contributed by atoms with van der Waals surface area (Å²) in [6.45, 7) is 8.45. The molecule has 0 radical (unpaired) electrons. The summed E-state index contributed by atoms with van der Waals surface area (Å²) in [5.41, 5.74) is 2.56. The highest BCUT2D eigenvalue weighted by Gasteiger charge is 2.40. The minimum atomic E-state index is -0.938. The fourth-order valence-electron chi connectivity index (χ4n) is 5.74. The summed E-state index contributed by atoms with van der Waals surface area (Å²) in [6, 6.07) is 9.48. The summed E-state index contributed by atoms with van der Waals surface area (Å²) < 4.78 is 37.4. The zero-order valence-corrected chi connectivity index (χ0v) is 21.6. The number of aliphatic carboxylic acids is 1. The monoisotopic (exact) mass is 511 g/mol. The average Bonchev–Trinajstić information content (AvgIpc) is 3.19. The maximum Gasteiger partial charge on any atom is 0.307 e. The number of rotatable bonds is 9. The van der Waals surface area contributed by atoms with Crippen LogP contribution in [0.2, 0.25) is 0 Å². The molecule has 1 fully saturated rings. The number of nitrogens with zero attached hydrogens (tertiary/aromatic N) is 2. The van der Waals surface area contributed by atoms with Crippen molar-refractivity contribution in [2.75, 3.05) is 26.2 Å². The number of hydrogen-bond donors (Lipinski definition) is 2. The van der Waals surface area contributed by atoms with Crippen LogP contribution >= 0.6 is 0 Å². The Bertz CT molecular complexity index is 1260. The second-order valence-corrected chi connectivity index (χ2v) is 10.6. The topological polar surface area (TPSA) is 68.8 Å². The molecule has 0 amide bonds. The standard InChI is InChI=1S/C29H35F2N3O3/c1-4-5-10-33-15-20(16-33)37-19-12-23(30)26(24(31)13-19)28-27-22(21-8-6-7-9-25(21)32-27)11-18(3)34(28)14-17(2)29(35)36/h6-9,12-13,17-18,20,28,32H,4-5,10-11,14-16H2,1-3H3,(H,35,36)/t17?,18?,28-/m1/s1. The number of para-hydroxylation sites is 1. The first-order valence-corrected chi connectivity index (χ1v) is 13.2. The van der Waals surface area contributed by atoms with Gasteiger partial charge in [0.2, 0.25) is 0 Å². The van der Waals surface area contributed by atoms with E-state index in [0.717, 1.165) is 48.9 Å². The summed E-state index contributed by atoms with van der Waals surface area (Å²) in [5.74, 6) is -2.82. The van der Waals surface area contributed by atoms with Gasteiger partial charge in [-0.1, -0.05) is 38.5 Å². The molecule has 0 bridgehead atoms. The highest BCUT2D eigenvalue weighted by atomic mass is 19.1. The first-order valence-electron chi connectivity index (χ1n) is 13.2. The fraction of sp³-hybridized carbons (Fsp3) is 0.483. The van der Waals surface area contributed by atoms with E-state index in [9.17, 15) is 9.90 Å². The Morgan fingerprint density at radius 2 is 1.92 bits per heavy atom. The van der Waals surface area contributed by atoms with Crippen molar-refractivity contribution < 1.29 is 23.4 Å². The van der Waals surface area contributed by atoms with Crippen LogP contribution in [-0.2, 0) is 11.2 Å². The number of aromatic amines is 1. The van der Waals surface area contributed by atoms with Crippen molar-refractivity contribution in [3.63, 3.8) is 0 Å². The molecule has 37 heavy (non-hydrogen) atoms. The quantitative estimate of drug-likeness (QED) is 0.405. The zero-order valence-electron chi connectivity index (χ0n) is 21.6. The van der Waals surface area contributed by atoms with Crippen LogP contribution in [0.1, 0.15) is 56.5 Å². The molecular formula is C29H35F2N3O3. The van der Waals surface area contributed by atoms with Crippen molar-refractivity contribution in [1.82, 2.24) is 14.8 Å². The molecule has 3 aromatic rings. The van der Waals surface area contributed by atoms with E-state index >= 15 is 8.78 Å². The number of ether oxygens (including phenoxy) is 1. The molecule has 6 nitrogen and oxygen atoms in total. The van der Waals surface area contributed by atoms with Gasteiger partial charge < -0.3 is 14.8 Å². The van der Waals surface area contributed by atoms with Crippen molar-refractivity contribution in [3.8, 4) is 5.75 Å². The van der Waals surface area contributed by atoms with Gasteiger partial charge in [0.1, 0.15) is 23.5 Å². The molecule has 2 aliphatic rings. The van der Waals surface area contributed by atoms with Gasteiger partial charge in [-0.15, -0.1) is 0 Å². The van der Waals surface area contributed by atoms with Crippen molar-refractivity contribution in [3.05, 3.63) is 64.9 Å². The Labute approximate surface area is 216 Å². The molecule has 0 spiro atoms. The third kappa shape index (κ3) is 4.97. The zero-order chi connectivity index (χ0) is 26.3. The smallest absolute Gasteiger partial charge is 0.307 e. The summed E-state index contributed by atoms with van der Waals surface area (Å²) in [6.07, 6.45) is 2.82. The lowest BCUT2D eigenvalue weighted by molar-refractivity contribution is -0.142. The van der Waals surface area contributed by atoms with Gasteiger partial charge in [0, 0.05) is 60.0 Å². The molecular weight excluding hydrogens is 476 g/mol. The van der Waals surface area contributed by atoms with Crippen molar-refractivity contribution in [2.45, 2.75) is 58.2 Å². The predicted octanol–water partition coefficient (Wildman–Crippen LogP) is 5.37. The van der Waals surface area contributed by atoms with Gasteiger partial charge in [0.25, 0.3) is 0 Å². The molecule has 198 valence electrons. The van der Waals surface area contributed by atoms with E-state index in [1.54, 1.807) is 6.92 Å². The first-order chi connectivity index (χ1) is 17.8. The van der Waals surface area contributed by atoms with Crippen LogP contribution in [0.4, 0.5) is 8.78 Å². The van der Waals surface area contributed by atoms with Gasteiger partial charge in [-0.05, 0) is 37.9 Å². The summed E-state index contributed by atoms with van der Waals surface area (Å²) in [4.78, 5) is 19.3. The summed E-state index contributed by atoms with van der Waals surface area (Å²) >= 11 is 0. The third-order valence-corrected chi connectivity index (χ3v) is 7.80. The number of unbranched alkanes of at least 4 members (excludes halogenated alkanes) is 1. The Morgan fingerprint density at radius 3 is 2.59 bits per heavy atom. The van der Waals surface area contributed by atoms with E-state index in [-0.39, 0.29) is 30.0 Å². The number of aromatic nitrogens is 1. The van der Waals surface area contributed by atoms with Gasteiger partial charge in [0.05, 0.1) is 12.0 Å². The van der Waals surface area contributed by atoms with Crippen LogP contribution in [0.3, 0.4) is 0 Å². The molecule has 0 aliphatic carbocycles. The summed E-state index contributed by atoms with van der Waals surface area (Å²) in [7, 11) is 0. The van der Waals surface area contributed by atoms with Crippen LogP contribution in [-0.4, -0.2) is 64.2 Å². The predicted molar refractivity (Wildman–Crippen MR) is 139 cm³/mol. The molecule has 3 heterocycles. The second-order valence-electron chi connectivity index (χ2n) is 10.6. The number of carboxylic acid groups (broad SMARTS) is 1. The number of likely N-dealkylation sites (tertiary alicyclic amines) is 1. The molecule has 8 heteroatoms. The van der Waals surface area contributed by atoms with Crippen LogP contribution in [0.15, 0.2) is 36.4 Å². The highest BCUT2D eigenvalue weighted by Crippen LogP contribution is 2.43. The number of benzene rings is 2. The average molecular weight is 512 g/mol. The maximum atomic E-state index is 15.8. The lowest BCUT2D eigenvalue weighted by Gasteiger charge is -2.42. The van der Waals surface area contributed by atoms with E-state index in [1.807, 2.05) is 36.1 Å². The number of nitrogens with one attached hydrogen (secondary N) is 1. The molecule has 0 saturated carbocycles. The Balaban J connectivity index is 1.49. The van der Waals surface area contributed by atoms with Crippen molar-refractivity contribution in [1.29, 1.82) is 0 Å². The molecule has 2 N–H and O–H groups in total. The van der Waals surface area contributed by atoms with Gasteiger partial charge in [-0.2, -0.15) is 0 Å². The largest absolute Gasteiger partial charge is 0.488 e. The fourth-order valence-corrected chi connectivity index (χ4v) is 5.74. The molecule has 2 aliphatic heterocycles. The number of H-pyrrole nitrogens is 1. The van der Waals surface area contributed by atoms with Crippen molar-refractivity contribution in [2.24, 2.45) is 5.92 Å². The number of carbonyl (C=O) groups is 1. The molecule has 3 atom stereocenters. The highest BCUT2D eigenvalue weighted by molar-refractivity contribution is 5.85. The van der Waals surface area contributed by atoms with Gasteiger partial charge in [-0.3, -0.25) is 14.6 Å². The van der Waals surface area contributed by atoms with E-state index < -0.39 is 29.6 Å². The Morgan fingerprint density at radius 1 is 1.22 bits per heavy atom.